The van der Waals surface area contributed by atoms with E-state index >= 15 is 0 Å². The van der Waals surface area contributed by atoms with Gasteiger partial charge in [0.2, 0.25) is 0 Å². The second-order valence-electron chi connectivity index (χ2n) is 3.94. The van der Waals surface area contributed by atoms with Gasteiger partial charge < -0.3 is 10.1 Å². The van der Waals surface area contributed by atoms with Gasteiger partial charge in [-0.1, -0.05) is 0 Å². The number of ether oxygens (including phenoxy) is 1. The van der Waals surface area contributed by atoms with Crippen molar-refractivity contribution < 1.29 is 14.3 Å². The van der Waals surface area contributed by atoms with Crippen LogP contribution in [0.5, 0.6) is 0 Å². The summed E-state index contributed by atoms with van der Waals surface area (Å²) in [5.74, 6) is -0.109. The molecule has 0 aromatic carbocycles. The van der Waals surface area contributed by atoms with Crippen LogP contribution < -0.4 is 5.32 Å². The number of ketones is 1. The normalized spacial score (nSPS) is 18.4. The van der Waals surface area contributed by atoms with Crippen molar-refractivity contribution >= 4 is 11.8 Å². The molecule has 1 rings (SSSR count). The molecule has 0 atom stereocenters. The predicted molar refractivity (Wildman–Crippen MR) is 51.9 cm³/mol. The molecular formula is C10H17NO3. The first kappa shape index (κ1) is 11.2. The van der Waals surface area contributed by atoms with Gasteiger partial charge >= 0.3 is 5.97 Å². The molecule has 0 aromatic rings. The Morgan fingerprint density at radius 2 is 2.07 bits per heavy atom. The summed E-state index contributed by atoms with van der Waals surface area (Å²) >= 11 is 0. The highest BCUT2D eigenvalue weighted by molar-refractivity contribution is 5.78. The zero-order valence-corrected chi connectivity index (χ0v) is 8.76. The monoisotopic (exact) mass is 199 g/mol. The maximum atomic E-state index is 11.1. The van der Waals surface area contributed by atoms with E-state index in [1.165, 1.54) is 14.0 Å². The lowest BCUT2D eigenvalue weighted by Crippen LogP contribution is -2.53. The van der Waals surface area contributed by atoms with Gasteiger partial charge in [-0.05, 0) is 26.2 Å². The highest BCUT2D eigenvalue weighted by Crippen LogP contribution is 2.34. The van der Waals surface area contributed by atoms with Gasteiger partial charge in [-0.15, -0.1) is 0 Å². The minimum absolute atomic E-state index is 0.0983. The number of hydrogen-bond donors (Lipinski definition) is 1. The third-order valence-corrected chi connectivity index (χ3v) is 2.73. The van der Waals surface area contributed by atoms with Crippen LogP contribution in [0.25, 0.3) is 0 Å². The maximum absolute atomic E-state index is 11.1. The standard InChI is InChI=1S/C10H17NO3/c1-8(12)7-11-10(4-3-5-10)6-9(13)14-2/h11H,3-7H2,1-2H3. The molecule has 4 heteroatoms. The molecule has 1 N–H and O–H groups in total. The van der Waals surface area contributed by atoms with Crippen molar-refractivity contribution in [2.45, 2.75) is 38.1 Å². The third-order valence-electron chi connectivity index (χ3n) is 2.73. The van der Waals surface area contributed by atoms with E-state index in [-0.39, 0.29) is 17.3 Å². The molecule has 0 aromatic heterocycles. The summed E-state index contributed by atoms with van der Waals surface area (Å²) in [4.78, 5) is 21.9. The van der Waals surface area contributed by atoms with Crippen LogP contribution in [0.4, 0.5) is 0 Å². The minimum atomic E-state index is -0.208. The number of carbonyl (C=O) groups excluding carboxylic acids is 2. The first-order valence-corrected chi connectivity index (χ1v) is 4.89. The Kier molecular flexibility index (Phi) is 3.63. The Labute approximate surface area is 84.0 Å². The molecule has 1 aliphatic rings. The van der Waals surface area contributed by atoms with E-state index in [0.717, 1.165) is 19.3 Å². The SMILES string of the molecule is COC(=O)CC1(NCC(C)=O)CCC1. The second kappa shape index (κ2) is 4.55. The Balaban J connectivity index is 2.41. The zero-order chi connectivity index (χ0) is 10.6. The van der Waals surface area contributed by atoms with E-state index in [2.05, 4.69) is 10.1 Å². The van der Waals surface area contributed by atoms with E-state index in [1.54, 1.807) is 0 Å². The van der Waals surface area contributed by atoms with Gasteiger partial charge in [-0.3, -0.25) is 9.59 Å². The molecule has 0 saturated heterocycles. The summed E-state index contributed by atoms with van der Waals surface area (Å²) in [6, 6.07) is 0. The summed E-state index contributed by atoms with van der Waals surface area (Å²) in [5.41, 5.74) is -0.168. The molecule has 1 aliphatic carbocycles. The molecule has 1 saturated carbocycles. The van der Waals surface area contributed by atoms with Crippen molar-refractivity contribution in [3.05, 3.63) is 0 Å². The van der Waals surface area contributed by atoms with Crippen LogP contribution in [0, 0.1) is 0 Å². The molecular weight excluding hydrogens is 182 g/mol. The maximum Gasteiger partial charge on any atom is 0.307 e. The topological polar surface area (TPSA) is 55.4 Å². The van der Waals surface area contributed by atoms with Gasteiger partial charge in [0.15, 0.2) is 0 Å². The average molecular weight is 199 g/mol. The lowest BCUT2D eigenvalue weighted by molar-refractivity contribution is -0.143. The van der Waals surface area contributed by atoms with Crippen LogP contribution in [0.1, 0.15) is 32.6 Å². The van der Waals surface area contributed by atoms with Crippen LogP contribution >= 0.6 is 0 Å². The van der Waals surface area contributed by atoms with Crippen LogP contribution in [-0.4, -0.2) is 30.9 Å². The smallest absolute Gasteiger partial charge is 0.307 e. The molecule has 0 spiro atoms. The Morgan fingerprint density at radius 1 is 1.43 bits per heavy atom. The largest absolute Gasteiger partial charge is 0.469 e. The molecule has 80 valence electrons. The number of methoxy groups -OCH3 is 1. The first-order valence-electron chi connectivity index (χ1n) is 4.89. The van der Waals surface area contributed by atoms with Crippen molar-refractivity contribution in [2.24, 2.45) is 0 Å². The van der Waals surface area contributed by atoms with Gasteiger partial charge in [-0.25, -0.2) is 0 Å². The van der Waals surface area contributed by atoms with Gasteiger partial charge in [0.1, 0.15) is 5.78 Å². The zero-order valence-electron chi connectivity index (χ0n) is 8.76. The second-order valence-corrected chi connectivity index (χ2v) is 3.94. The Hall–Kier alpha value is -0.900. The van der Waals surface area contributed by atoms with E-state index in [4.69, 9.17) is 0 Å². The highest BCUT2D eigenvalue weighted by atomic mass is 16.5. The molecule has 1 fully saturated rings. The van der Waals surface area contributed by atoms with Crippen LogP contribution in [0.2, 0.25) is 0 Å². The van der Waals surface area contributed by atoms with Gasteiger partial charge in [0.25, 0.3) is 0 Å². The number of hydrogen-bond acceptors (Lipinski definition) is 4. The Bertz CT molecular complexity index is 234. The molecule has 0 radical (unpaired) electrons. The van der Waals surface area contributed by atoms with Crippen molar-refractivity contribution in [1.82, 2.24) is 5.32 Å². The van der Waals surface area contributed by atoms with Crippen molar-refractivity contribution in [2.75, 3.05) is 13.7 Å². The summed E-state index contributed by atoms with van der Waals surface area (Å²) in [7, 11) is 1.39. The van der Waals surface area contributed by atoms with E-state index in [1.807, 2.05) is 0 Å². The fourth-order valence-corrected chi connectivity index (χ4v) is 1.68. The molecule has 0 heterocycles. The number of Topliss-reactive ketones (excluding diaryl/α,β-unsaturated/α-hetero) is 1. The highest BCUT2D eigenvalue weighted by Gasteiger charge is 2.38. The number of nitrogens with one attached hydrogen (secondary N) is 1. The first-order chi connectivity index (χ1) is 6.58. The third kappa shape index (κ3) is 2.80. The molecule has 0 bridgehead atoms. The van der Waals surface area contributed by atoms with Gasteiger partial charge in [0.05, 0.1) is 20.1 Å². The number of carbonyl (C=O) groups is 2. The molecule has 0 amide bonds. The quantitative estimate of drug-likeness (QED) is 0.660. The van der Waals surface area contributed by atoms with E-state index < -0.39 is 0 Å². The predicted octanol–water partition coefficient (Wildman–Crippen LogP) is 0.651. The Morgan fingerprint density at radius 3 is 2.43 bits per heavy atom. The lowest BCUT2D eigenvalue weighted by Gasteiger charge is -2.41. The fraction of sp³-hybridized carbons (Fsp3) is 0.800. The van der Waals surface area contributed by atoms with Crippen molar-refractivity contribution in [1.29, 1.82) is 0 Å². The molecule has 14 heavy (non-hydrogen) atoms. The molecule has 4 nitrogen and oxygen atoms in total. The number of rotatable bonds is 5. The lowest BCUT2D eigenvalue weighted by atomic mass is 9.74. The van der Waals surface area contributed by atoms with Gasteiger partial charge in [0, 0.05) is 5.54 Å². The fourth-order valence-electron chi connectivity index (χ4n) is 1.68. The summed E-state index contributed by atoms with van der Waals surface area (Å²) in [6.07, 6.45) is 3.39. The summed E-state index contributed by atoms with van der Waals surface area (Å²) < 4.78 is 4.62. The van der Waals surface area contributed by atoms with Crippen LogP contribution in [0.3, 0.4) is 0 Å². The van der Waals surface area contributed by atoms with Crippen LogP contribution in [-0.2, 0) is 14.3 Å². The van der Waals surface area contributed by atoms with E-state index in [0.29, 0.717) is 13.0 Å². The summed E-state index contributed by atoms with van der Waals surface area (Å²) in [5, 5.41) is 3.15. The molecule has 0 unspecified atom stereocenters. The van der Waals surface area contributed by atoms with Crippen molar-refractivity contribution in [3.63, 3.8) is 0 Å². The average Bonchev–Trinajstić information content (AvgIpc) is 2.08. The number of esters is 1. The van der Waals surface area contributed by atoms with E-state index in [9.17, 15) is 9.59 Å². The minimum Gasteiger partial charge on any atom is -0.469 e. The van der Waals surface area contributed by atoms with Crippen molar-refractivity contribution in [3.8, 4) is 0 Å². The van der Waals surface area contributed by atoms with Crippen LogP contribution in [0.15, 0.2) is 0 Å². The molecule has 0 aliphatic heterocycles. The van der Waals surface area contributed by atoms with Gasteiger partial charge in [-0.2, -0.15) is 0 Å². The summed E-state index contributed by atoms with van der Waals surface area (Å²) in [6.45, 7) is 1.88.